The van der Waals surface area contributed by atoms with Crippen LogP contribution in [-0.4, -0.2) is 60.2 Å². The van der Waals surface area contributed by atoms with E-state index in [1.54, 1.807) is 0 Å². The molecule has 111 valence electrons. The van der Waals surface area contributed by atoms with E-state index in [0.717, 1.165) is 0 Å². The Morgan fingerprint density at radius 3 is 0.333 bits per heavy atom. The molecule has 1 radical (unpaired) electrons. The molecular weight excluding hydrogens is 337 g/mol. The van der Waals surface area contributed by atoms with Crippen molar-refractivity contribution in [2.24, 2.45) is 0 Å². The van der Waals surface area contributed by atoms with Crippen molar-refractivity contribution in [3.8, 4) is 0 Å². The van der Waals surface area contributed by atoms with Crippen LogP contribution in [0.2, 0.25) is 0 Å². The van der Waals surface area contributed by atoms with E-state index in [1.807, 2.05) is 0 Å². The van der Waals surface area contributed by atoms with Crippen LogP contribution in [0.25, 0.3) is 0 Å². The van der Waals surface area contributed by atoms with Gasteiger partial charge < -0.3 is 60.2 Å². The molecule has 0 aliphatic heterocycles. The fraction of sp³-hybridized carbons (Fsp3) is 0. The van der Waals surface area contributed by atoms with Crippen LogP contribution in [0.5, 0.6) is 0 Å². The fourth-order valence-electron chi connectivity index (χ4n) is 0. The van der Waals surface area contributed by atoms with Gasteiger partial charge in [-0.1, -0.05) is 0 Å². The molecule has 0 saturated heterocycles. The quantitative estimate of drug-likeness (QED) is 0.320. The number of rotatable bonds is 0. The summed E-state index contributed by atoms with van der Waals surface area (Å²) in [6, 6.07) is 0. The predicted molar refractivity (Wildman–Crippen MR) is 39.8 cm³/mol. The molecule has 0 heterocycles. The van der Waals surface area contributed by atoms with E-state index in [2.05, 4.69) is 0 Å². The molecule has 0 aromatic heterocycles. The van der Waals surface area contributed by atoms with Crippen molar-refractivity contribution in [3.05, 3.63) is 7.43 Å². The minimum Gasteiger partial charge on any atom is -0.870 e. The standard InChI is InChI=1S/C.Co.Ni.11H2O.H6P/h;;;11*1H2;1H6/q+4;2*+2;;;;;;;;;;;;+3/p-11. The normalized spacial score (nSPS) is 0. The molecule has 15 heavy (non-hydrogen) atoms. The molecule has 0 aromatic carbocycles. The SMILES string of the molecule is [C+4].[Co+2].[Ni+2].[OH-].[OH-].[OH-].[OH-].[OH-].[OH-].[OH-].[OH-].[OH-].[OH-].[OH-].[PH6+3]. The van der Waals surface area contributed by atoms with Gasteiger partial charge in [-0.2, -0.15) is 0 Å². The maximum Gasteiger partial charge on any atom is 4.00 e. The smallest absolute Gasteiger partial charge is 0.870 e. The first-order valence-corrected chi connectivity index (χ1v) is 0. The molecule has 14 heteroatoms. The molecule has 0 atom stereocenters. The molecule has 0 aromatic rings. The van der Waals surface area contributed by atoms with Crippen LogP contribution in [0.15, 0.2) is 0 Å². The third-order valence-corrected chi connectivity index (χ3v) is 0. The summed E-state index contributed by atoms with van der Waals surface area (Å²) in [5.41, 5.74) is 0. The van der Waals surface area contributed by atoms with E-state index in [4.69, 9.17) is 0 Å². The van der Waals surface area contributed by atoms with Crippen molar-refractivity contribution in [3.63, 3.8) is 0 Å². The van der Waals surface area contributed by atoms with Gasteiger partial charge in [-0.25, -0.2) is 0 Å². The average molecular weight is 354 g/mol. The second-order valence-electron chi connectivity index (χ2n) is 0. The van der Waals surface area contributed by atoms with E-state index in [-0.39, 0.29) is 111 Å². The summed E-state index contributed by atoms with van der Waals surface area (Å²) in [6.07, 6.45) is 0. The molecule has 0 fully saturated rings. The Morgan fingerprint density at radius 2 is 0.333 bits per heavy atom. The average Bonchev–Trinajstić information content (AvgIpc) is 0. The Bertz CT molecular complexity index is 20.5. The maximum atomic E-state index is 0. The first-order valence-electron chi connectivity index (χ1n) is 0. The van der Waals surface area contributed by atoms with E-state index < -0.39 is 0 Å². The summed E-state index contributed by atoms with van der Waals surface area (Å²) in [6.45, 7) is 0. The Kier molecular flexibility index (Phi) is 732000. The van der Waals surface area contributed by atoms with Crippen molar-refractivity contribution in [1.29, 1.82) is 0 Å². The van der Waals surface area contributed by atoms with Gasteiger partial charge >= 0.3 is 40.7 Å². The monoisotopic (exact) mass is 353 g/mol. The Morgan fingerprint density at radius 1 is 0.333 bits per heavy atom. The van der Waals surface area contributed by atoms with Crippen LogP contribution >= 0.6 is 9.90 Å². The second-order valence-corrected chi connectivity index (χ2v) is 0. The Hall–Kier alpha value is 0.990. The molecular formula is CH17CoNiO11P. The second kappa shape index (κ2) is 2990. The zero-order valence-corrected chi connectivity index (χ0v) is 8.10. The number of hydrogen-bond donors (Lipinski definition) is 0. The van der Waals surface area contributed by atoms with E-state index in [1.165, 1.54) is 0 Å². The van der Waals surface area contributed by atoms with Crippen LogP contribution < -0.4 is 0 Å². The van der Waals surface area contributed by atoms with Gasteiger partial charge in [0.15, 0.2) is 0 Å². The van der Waals surface area contributed by atoms with Gasteiger partial charge in [0.05, 0.1) is 0 Å². The fourth-order valence-corrected chi connectivity index (χ4v) is 0. The summed E-state index contributed by atoms with van der Waals surface area (Å²) in [5.74, 6) is 0. The van der Waals surface area contributed by atoms with E-state index in [0.29, 0.717) is 0 Å². The largest absolute Gasteiger partial charge is 4.00 e. The van der Waals surface area contributed by atoms with Crippen molar-refractivity contribution < 1.29 is 93.5 Å². The minimum atomic E-state index is 0. The van der Waals surface area contributed by atoms with Gasteiger partial charge in [-0.15, -0.1) is 0 Å². The summed E-state index contributed by atoms with van der Waals surface area (Å²) < 4.78 is 0. The van der Waals surface area contributed by atoms with Crippen LogP contribution in [0.3, 0.4) is 0 Å². The molecule has 0 unspecified atom stereocenters. The van der Waals surface area contributed by atoms with Crippen molar-refractivity contribution in [1.82, 2.24) is 0 Å². The van der Waals surface area contributed by atoms with E-state index in [9.17, 15) is 0 Å². The van der Waals surface area contributed by atoms with Crippen molar-refractivity contribution in [2.45, 2.75) is 0 Å². The Balaban J connectivity index is 0. The zero-order valence-electron chi connectivity index (χ0n) is 6.07. The van der Waals surface area contributed by atoms with Gasteiger partial charge in [0, 0.05) is 0 Å². The van der Waals surface area contributed by atoms with Crippen LogP contribution in [-0.2, 0) is 33.3 Å². The first-order chi connectivity index (χ1) is 0. The maximum absolute atomic E-state index is 0. The van der Waals surface area contributed by atoms with Crippen LogP contribution in [0.4, 0.5) is 0 Å². The minimum absolute atomic E-state index is 0. The van der Waals surface area contributed by atoms with Crippen molar-refractivity contribution >= 4 is 9.90 Å². The summed E-state index contributed by atoms with van der Waals surface area (Å²) >= 11 is 0. The van der Waals surface area contributed by atoms with Gasteiger partial charge in [0.2, 0.25) is 0 Å². The molecule has 0 aliphatic rings. The molecule has 0 bridgehead atoms. The van der Waals surface area contributed by atoms with Crippen LogP contribution in [0.1, 0.15) is 0 Å². The Labute approximate surface area is 111 Å². The third kappa shape index (κ3) is 2580. The molecule has 0 amide bonds. The summed E-state index contributed by atoms with van der Waals surface area (Å²) in [5, 5.41) is 0. The molecule has 0 saturated carbocycles. The molecule has 11 N–H and O–H groups in total. The van der Waals surface area contributed by atoms with Gasteiger partial charge in [0.25, 0.3) is 0 Å². The summed E-state index contributed by atoms with van der Waals surface area (Å²) in [7, 11) is 0. The van der Waals surface area contributed by atoms with E-state index >= 15 is 0 Å². The van der Waals surface area contributed by atoms with Gasteiger partial charge in [-0.05, 0) is 0 Å². The molecule has 0 spiro atoms. The van der Waals surface area contributed by atoms with Gasteiger partial charge in [0.1, 0.15) is 0 Å². The first kappa shape index (κ1) is 3670. The van der Waals surface area contributed by atoms with Gasteiger partial charge in [-0.3, -0.25) is 9.90 Å². The topological polar surface area (TPSA) is 330 Å². The third-order valence-electron chi connectivity index (χ3n) is 0. The number of hydrogen-bond acceptors (Lipinski definition) is 11. The summed E-state index contributed by atoms with van der Waals surface area (Å²) in [4.78, 5) is 0. The molecule has 11 nitrogen and oxygen atoms in total. The zero-order chi connectivity index (χ0) is 0. The van der Waals surface area contributed by atoms with Crippen LogP contribution in [0, 0.1) is 7.43 Å². The molecule has 0 aliphatic carbocycles. The predicted octanol–water partition coefficient (Wildman–Crippen LogP) is -2.61. The molecule has 0 rings (SSSR count). The van der Waals surface area contributed by atoms with Crippen molar-refractivity contribution in [2.75, 3.05) is 0 Å².